The summed E-state index contributed by atoms with van der Waals surface area (Å²) in [6.07, 6.45) is 4.22. The van der Waals surface area contributed by atoms with Gasteiger partial charge in [0.25, 0.3) is 5.91 Å². The largest absolute Gasteiger partial charge is 0.350 e. The van der Waals surface area contributed by atoms with E-state index >= 15 is 0 Å². The van der Waals surface area contributed by atoms with Crippen LogP contribution >= 0.6 is 0 Å². The number of hydrogen-bond acceptors (Lipinski definition) is 5. The molecule has 0 aromatic carbocycles. The standard InChI is InChI=1S/C13H24N6O/c1-11(9-18-5-2-3-6-18)8-15-13(20)12-10-19(7-4-14)17-16-12/h10-11H,2-9,14H2,1H3,(H,15,20). The van der Waals surface area contributed by atoms with Crippen LogP contribution in [0.25, 0.3) is 0 Å². The molecule has 1 unspecified atom stereocenters. The third-order valence-electron chi connectivity index (χ3n) is 3.51. The maximum Gasteiger partial charge on any atom is 0.273 e. The summed E-state index contributed by atoms with van der Waals surface area (Å²) in [4.78, 5) is 14.4. The molecule has 112 valence electrons. The van der Waals surface area contributed by atoms with Crippen LogP contribution in [0.15, 0.2) is 6.20 Å². The number of nitrogens with zero attached hydrogens (tertiary/aromatic N) is 4. The molecular weight excluding hydrogens is 256 g/mol. The molecule has 0 saturated carbocycles. The van der Waals surface area contributed by atoms with Crippen molar-refractivity contribution in [3.63, 3.8) is 0 Å². The first-order chi connectivity index (χ1) is 9.69. The highest BCUT2D eigenvalue weighted by atomic mass is 16.2. The van der Waals surface area contributed by atoms with Crippen molar-refractivity contribution in [2.75, 3.05) is 32.7 Å². The van der Waals surface area contributed by atoms with Crippen LogP contribution in [0.5, 0.6) is 0 Å². The van der Waals surface area contributed by atoms with E-state index in [-0.39, 0.29) is 5.91 Å². The first-order valence-corrected chi connectivity index (χ1v) is 7.30. The Labute approximate surface area is 119 Å². The third-order valence-corrected chi connectivity index (χ3v) is 3.51. The van der Waals surface area contributed by atoms with Crippen LogP contribution in [0.2, 0.25) is 0 Å². The fourth-order valence-corrected chi connectivity index (χ4v) is 2.47. The molecule has 1 aliphatic heterocycles. The van der Waals surface area contributed by atoms with Gasteiger partial charge >= 0.3 is 0 Å². The quantitative estimate of drug-likeness (QED) is 0.716. The van der Waals surface area contributed by atoms with Crippen molar-refractivity contribution < 1.29 is 4.79 Å². The minimum Gasteiger partial charge on any atom is -0.350 e. The molecule has 1 aromatic heterocycles. The number of nitrogens with one attached hydrogen (secondary N) is 1. The van der Waals surface area contributed by atoms with Crippen molar-refractivity contribution in [2.45, 2.75) is 26.3 Å². The first-order valence-electron chi connectivity index (χ1n) is 7.30. The Kier molecular flexibility index (Phi) is 5.49. The van der Waals surface area contributed by atoms with Crippen molar-refractivity contribution in [3.8, 4) is 0 Å². The Morgan fingerprint density at radius 1 is 1.50 bits per heavy atom. The highest BCUT2D eigenvalue weighted by molar-refractivity contribution is 5.91. The maximum atomic E-state index is 11.9. The molecule has 7 nitrogen and oxygen atoms in total. The van der Waals surface area contributed by atoms with Gasteiger partial charge in [-0.2, -0.15) is 0 Å². The Balaban J connectivity index is 1.72. The molecule has 0 aliphatic carbocycles. The molecule has 0 bridgehead atoms. The lowest BCUT2D eigenvalue weighted by molar-refractivity contribution is 0.0940. The molecule has 7 heteroatoms. The van der Waals surface area contributed by atoms with Crippen LogP contribution in [0, 0.1) is 5.92 Å². The van der Waals surface area contributed by atoms with Crippen molar-refractivity contribution in [1.29, 1.82) is 0 Å². The number of hydrogen-bond donors (Lipinski definition) is 2. The average Bonchev–Trinajstić information content (AvgIpc) is 3.08. The van der Waals surface area contributed by atoms with Crippen LogP contribution in [0.4, 0.5) is 0 Å². The van der Waals surface area contributed by atoms with Gasteiger partial charge in [0.15, 0.2) is 5.69 Å². The van der Waals surface area contributed by atoms with E-state index in [1.807, 2.05) is 0 Å². The van der Waals surface area contributed by atoms with Crippen LogP contribution < -0.4 is 11.1 Å². The van der Waals surface area contributed by atoms with E-state index < -0.39 is 0 Å². The number of aromatic nitrogens is 3. The summed E-state index contributed by atoms with van der Waals surface area (Å²) in [6, 6.07) is 0. The van der Waals surface area contributed by atoms with E-state index in [9.17, 15) is 4.79 Å². The summed E-state index contributed by atoms with van der Waals surface area (Å²) in [6.45, 7) is 7.30. The predicted molar refractivity (Wildman–Crippen MR) is 76.2 cm³/mol. The lowest BCUT2D eigenvalue weighted by Gasteiger charge is -2.20. The van der Waals surface area contributed by atoms with Gasteiger partial charge in [-0.3, -0.25) is 9.48 Å². The summed E-state index contributed by atoms with van der Waals surface area (Å²) in [5.41, 5.74) is 5.78. The summed E-state index contributed by atoms with van der Waals surface area (Å²) in [5, 5.41) is 10.6. The smallest absolute Gasteiger partial charge is 0.273 e. The number of rotatable bonds is 7. The Morgan fingerprint density at radius 2 is 2.25 bits per heavy atom. The number of carbonyl (C=O) groups is 1. The first kappa shape index (κ1) is 14.9. The molecule has 1 aliphatic rings. The SMILES string of the molecule is CC(CNC(=O)c1cn(CCN)nn1)CN1CCCC1. The zero-order valence-corrected chi connectivity index (χ0v) is 12.1. The molecule has 1 amide bonds. The van der Waals surface area contributed by atoms with Crippen LogP contribution in [0.3, 0.4) is 0 Å². The second-order valence-corrected chi connectivity index (χ2v) is 5.48. The summed E-state index contributed by atoms with van der Waals surface area (Å²) in [5.74, 6) is 0.276. The predicted octanol–water partition coefficient (Wildman–Crippen LogP) is -0.301. The van der Waals surface area contributed by atoms with Crippen molar-refractivity contribution in [1.82, 2.24) is 25.2 Å². The highest BCUT2D eigenvalue weighted by Crippen LogP contribution is 2.09. The minimum absolute atomic E-state index is 0.165. The van der Waals surface area contributed by atoms with Gasteiger partial charge in [-0.1, -0.05) is 12.1 Å². The fraction of sp³-hybridized carbons (Fsp3) is 0.769. The van der Waals surface area contributed by atoms with E-state index in [0.29, 0.717) is 31.2 Å². The minimum atomic E-state index is -0.165. The highest BCUT2D eigenvalue weighted by Gasteiger charge is 2.16. The third kappa shape index (κ3) is 4.28. The van der Waals surface area contributed by atoms with Gasteiger partial charge in [-0.25, -0.2) is 0 Å². The van der Waals surface area contributed by atoms with Crippen LogP contribution in [-0.2, 0) is 6.54 Å². The lowest BCUT2D eigenvalue weighted by atomic mass is 10.1. The lowest BCUT2D eigenvalue weighted by Crippen LogP contribution is -2.34. The molecule has 1 atom stereocenters. The number of nitrogens with two attached hydrogens (primary N) is 1. The summed E-state index contributed by atoms with van der Waals surface area (Å²) in [7, 11) is 0. The molecule has 3 N–H and O–H groups in total. The van der Waals surface area contributed by atoms with Gasteiger partial charge in [0.2, 0.25) is 0 Å². The van der Waals surface area contributed by atoms with Crippen molar-refractivity contribution >= 4 is 5.91 Å². The van der Waals surface area contributed by atoms with Gasteiger partial charge in [0.05, 0.1) is 12.7 Å². The zero-order valence-electron chi connectivity index (χ0n) is 12.1. The Hall–Kier alpha value is -1.47. The van der Waals surface area contributed by atoms with E-state index in [1.165, 1.54) is 25.9 Å². The molecular formula is C13H24N6O. The maximum absolute atomic E-state index is 11.9. The molecule has 0 spiro atoms. The molecule has 2 rings (SSSR count). The average molecular weight is 280 g/mol. The second-order valence-electron chi connectivity index (χ2n) is 5.48. The molecule has 1 fully saturated rings. The molecule has 1 aromatic rings. The van der Waals surface area contributed by atoms with Gasteiger partial charge < -0.3 is 16.0 Å². The monoisotopic (exact) mass is 280 g/mol. The molecule has 1 saturated heterocycles. The molecule has 0 radical (unpaired) electrons. The topological polar surface area (TPSA) is 89.1 Å². The van der Waals surface area contributed by atoms with Gasteiger partial charge in [0, 0.05) is 19.6 Å². The zero-order chi connectivity index (χ0) is 14.4. The second kappa shape index (κ2) is 7.35. The number of amides is 1. The van der Waals surface area contributed by atoms with E-state index in [1.54, 1.807) is 10.9 Å². The normalized spacial score (nSPS) is 17.3. The molecule has 2 heterocycles. The number of likely N-dealkylation sites (tertiary alicyclic amines) is 1. The van der Waals surface area contributed by atoms with E-state index in [4.69, 9.17) is 5.73 Å². The van der Waals surface area contributed by atoms with E-state index in [2.05, 4.69) is 27.5 Å². The van der Waals surface area contributed by atoms with Crippen LogP contribution in [-0.4, -0.2) is 58.5 Å². The van der Waals surface area contributed by atoms with Crippen molar-refractivity contribution in [2.24, 2.45) is 11.7 Å². The Morgan fingerprint density at radius 3 is 2.95 bits per heavy atom. The Bertz CT molecular complexity index is 426. The summed E-state index contributed by atoms with van der Waals surface area (Å²) < 4.78 is 1.59. The fourth-order valence-electron chi connectivity index (χ4n) is 2.47. The van der Waals surface area contributed by atoms with Gasteiger partial charge in [0.1, 0.15) is 0 Å². The van der Waals surface area contributed by atoms with Crippen LogP contribution in [0.1, 0.15) is 30.3 Å². The summed E-state index contributed by atoms with van der Waals surface area (Å²) >= 11 is 0. The van der Waals surface area contributed by atoms with Crippen molar-refractivity contribution in [3.05, 3.63) is 11.9 Å². The van der Waals surface area contributed by atoms with Gasteiger partial charge in [-0.05, 0) is 31.8 Å². The van der Waals surface area contributed by atoms with Gasteiger partial charge in [-0.15, -0.1) is 5.10 Å². The molecule has 20 heavy (non-hydrogen) atoms. The number of carbonyl (C=O) groups excluding carboxylic acids is 1. The van der Waals surface area contributed by atoms with E-state index in [0.717, 1.165) is 6.54 Å².